The van der Waals surface area contributed by atoms with Crippen molar-refractivity contribution in [3.63, 3.8) is 0 Å². The second-order valence-electron chi connectivity index (χ2n) is 5.64. The summed E-state index contributed by atoms with van der Waals surface area (Å²) in [5.41, 5.74) is 2.24. The number of rotatable bonds is 5. The van der Waals surface area contributed by atoms with E-state index in [1.807, 2.05) is 6.07 Å². The molecule has 0 spiro atoms. The van der Waals surface area contributed by atoms with Crippen molar-refractivity contribution in [1.29, 1.82) is 0 Å². The van der Waals surface area contributed by atoms with Crippen LogP contribution in [0.15, 0.2) is 60.7 Å². The lowest BCUT2D eigenvalue weighted by Gasteiger charge is -2.05. The largest absolute Gasteiger partial charge is 0.342 e. The Kier molecular flexibility index (Phi) is 5.07. The number of carbonyl (C=O) groups is 2. The van der Waals surface area contributed by atoms with Crippen LogP contribution in [0.1, 0.15) is 10.5 Å². The molecule has 0 radical (unpaired) electrons. The van der Waals surface area contributed by atoms with E-state index in [0.29, 0.717) is 11.4 Å². The summed E-state index contributed by atoms with van der Waals surface area (Å²) in [5, 5.41) is 9.37. The van der Waals surface area contributed by atoms with Crippen LogP contribution < -0.4 is 10.6 Å². The summed E-state index contributed by atoms with van der Waals surface area (Å²) in [6.45, 7) is -0.170. The van der Waals surface area contributed by atoms with E-state index in [2.05, 4.69) is 15.7 Å². The van der Waals surface area contributed by atoms with E-state index in [4.69, 9.17) is 0 Å². The minimum Gasteiger partial charge on any atom is -0.342 e. The zero-order valence-corrected chi connectivity index (χ0v) is 14.1. The summed E-state index contributed by atoms with van der Waals surface area (Å²) in [4.78, 5) is 24.1. The van der Waals surface area contributed by atoms with Gasteiger partial charge in [0.1, 0.15) is 5.82 Å². The number of hydrogen-bond acceptors (Lipinski definition) is 3. The number of benzene rings is 2. The third kappa shape index (κ3) is 4.13. The van der Waals surface area contributed by atoms with Crippen molar-refractivity contribution in [2.75, 3.05) is 11.9 Å². The van der Waals surface area contributed by atoms with Gasteiger partial charge in [-0.3, -0.25) is 14.3 Å². The Bertz CT molecular complexity index is 920. The Morgan fingerprint density at radius 3 is 2.46 bits per heavy atom. The summed E-state index contributed by atoms with van der Waals surface area (Å²) >= 11 is 0. The van der Waals surface area contributed by atoms with Crippen molar-refractivity contribution in [3.8, 4) is 11.3 Å². The zero-order chi connectivity index (χ0) is 18.5. The summed E-state index contributed by atoms with van der Waals surface area (Å²) < 4.78 is 14.6. The van der Waals surface area contributed by atoms with Crippen LogP contribution in [-0.4, -0.2) is 28.1 Å². The molecule has 0 bridgehead atoms. The normalized spacial score (nSPS) is 10.4. The highest BCUT2D eigenvalue weighted by atomic mass is 19.1. The third-order valence-electron chi connectivity index (χ3n) is 3.72. The monoisotopic (exact) mass is 352 g/mol. The average molecular weight is 352 g/mol. The molecule has 0 saturated carbocycles. The summed E-state index contributed by atoms with van der Waals surface area (Å²) in [7, 11) is 1.69. The predicted octanol–water partition coefficient (Wildman–Crippen LogP) is 2.59. The molecule has 0 aliphatic heterocycles. The van der Waals surface area contributed by atoms with Crippen molar-refractivity contribution in [1.82, 2.24) is 15.1 Å². The van der Waals surface area contributed by atoms with Gasteiger partial charge in [0.05, 0.1) is 12.2 Å². The molecular weight excluding hydrogens is 335 g/mol. The molecule has 0 unspecified atom stereocenters. The second-order valence-corrected chi connectivity index (χ2v) is 5.64. The number of amides is 2. The molecule has 2 aromatic carbocycles. The summed E-state index contributed by atoms with van der Waals surface area (Å²) in [5.74, 6) is -1.13. The highest BCUT2D eigenvalue weighted by Crippen LogP contribution is 2.20. The number of aromatic nitrogens is 2. The van der Waals surface area contributed by atoms with Crippen LogP contribution in [0.25, 0.3) is 11.3 Å². The third-order valence-corrected chi connectivity index (χ3v) is 3.72. The first-order valence-electron chi connectivity index (χ1n) is 7.96. The lowest BCUT2D eigenvalue weighted by atomic mass is 10.1. The van der Waals surface area contributed by atoms with Gasteiger partial charge in [-0.05, 0) is 48.0 Å². The Labute approximate surface area is 149 Å². The van der Waals surface area contributed by atoms with E-state index in [9.17, 15) is 14.0 Å². The number of nitrogens with zero attached hydrogens (tertiary/aromatic N) is 2. The second kappa shape index (κ2) is 7.60. The predicted molar refractivity (Wildman–Crippen MR) is 96.0 cm³/mol. The van der Waals surface area contributed by atoms with E-state index in [0.717, 1.165) is 5.56 Å². The van der Waals surface area contributed by atoms with Gasteiger partial charge in [0.2, 0.25) is 5.91 Å². The molecule has 1 heterocycles. The molecule has 0 aliphatic rings. The van der Waals surface area contributed by atoms with Crippen LogP contribution >= 0.6 is 0 Å². The fourth-order valence-electron chi connectivity index (χ4n) is 2.45. The van der Waals surface area contributed by atoms with E-state index in [1.54, 1.807) is 49.5 Å². The molecule has 3 rings (SSSR count). The van der Waals surface area contributed by atoms with Crippen LogP contribution in [0.2, 0.25) is 0 Å². The number of para-hydroxylation sites is 1. The molecule has 6 nitrogen and oxygen atoms in total. The van der Waals surface area contributed by atoms with Gasteiger partial charge in [-0.15, -0.1) is 0 Å². The quantitative estimate of drug-likeness (QED) is 0.741. The Balaban J connectivity index is 1.62. The fourth-order valence-corrected chi connectivity index (χ4v) is 2.45. The number of anilines is 1. The first-order chi connectivity index (χ1) is 12.5. The molecule has 26 heavy (non-hydrogen) atoms. The molecule has 132 valence electrons. The van der Waals surface area contributed by atoms with Crippen molar-refractivity contribution in [3.05, 3.63) is 72.2 Å². The molecule has 0 atom stereocenters. The molecule has 2 N–H and O–H groups in total. The van der Waals surface area contributed by atoms with E-state index in [1.165, 1.54) is 16.8 Å². The van der Waals surface area contributed by atoms with E-state index >= 15 is 0 Å². The lowest BCUT2D eigenvalue weighted by molar-refractivity contribution is -0.115. The van der Waals surface area contributed by atoms with Gasteiger partial charge in [-0.25, -0.2) is 4.39 Å². The van der Waals surface area contributed by atoms with Crippen LogP contribution in [-0.2, 0) is 11.8 Å². The van der Waals surface area contributed by atoms with Gasteiger partial charge in [0, 0.05) is 12.7 Å². The number of nitrogens with one attached hydrogen (secondary N) is 2. The maximum absolute atomic E-state index is 13.0. The average Bonchev–Trinajstić information content (AvgIpc) is 3.03. The molecule has 2 amide bonds. The topological polar surface area (TPSA) is 76.0 Å². The van der Waals surface area contributed by atoms with Gasteiger partial charge in [-0.2, -0.15) is 5.10 Å². The first-order valence-corrected chi connectivity index (χ1v) is 7.96. The number of aryl methyl sites for hydroxylation is 1. The van der Waals surface area contributed by atoms with Crippen LogP contribution in [0.5, 0.6) is 0 Å². The van der Waals surface area contributed by atoms with Crippen molar-refractivity contribution >= 4 is 17.5 Å². The molecule has 0 aliphatic carbocycles. The highest BCUT2D eigenvalue weighted by molar-refractivity contribution is 5.98. The van der Waals surface area contributed by atoms with Crippen molar-refractivity contribution < 1.29 is 14.0 Å². The number of hydrogen-bond donors (Lipinski definition) is 2. The molecule has 1 aromatic heterocycles. The molecule has 0 saturated heterocycles. The maximum Gasteiger partial charge on any atom is 0.272 e. The number of carbonyl (C=O) groups excluding carboxylic acids is 2. The van der Waals surface area contributed by atoms with Crippen LogP contribution in [0.3, 0.4) is 0 Å². The maximum atomic E-state index is 13.0. The van der Waals surface area contributed by atoms with Crippen molar-refractivity contribution in [2.45, 2.75) is 0 Å². The van der Waals surface area contributed by atoms with E-state index < -0.39 is 5.91 Å². The smallest absolute Gasteiger partial charge is 0.272 e. The van der Waals surface area contributed by atoms with Gasteiger partial charge < -0.3 is 10.6 Å². The van der Waals surface area contributed by atoms with Gasteiger partial charge in [-0.1, -0.05) is 18.2 Å². The van der Waals surface area contributed by atoms with Gasteiger partial charge >= 0.3 is 0 Å². The summed E-state index contributed by atoms with van der Waals surface area (Å²) in [6, 6.07) is 16.5. The molecule has 0 fully saturated rings. The van der Waals surface area contributed by atoms with Crippen LogP contribution in [0, 0.1) is 5.82 Å². The Morgan fingerprint density at radius 1 is 1.08 bits per heavy atom. The number of halogens is 1. The SMILES string of the molecule is Cn1nc(C(=O)NCC(=O)Nc2ccccc2)cc1-c1ccc(F)cc1. The summed E-state index contributed by atoms with van der Waals surface area (Å²) in [6.07, 6.45) is 0. The molecular formula is C19H17FN4O2. The lowest BCUT2D eigenvalue weighted by Crippen LogP contribution is -2.33. The zero-order valence-electron chi connectivity index (χ0n) is 14.1. The minimum absolute atomic E-state index is 0.170. The van der Waals surface area contributed by atoms with Crippen LogP contribution in [0.4, 0.5) is 10.1 Å². The van der Waals surface area contributed by atoms with Gasteiger partial charge in [0.25, 0.3) is 5.91 Å². The molecule has 7 heteroatoms. The van der Waals surface area contributed by atoms with E-state index in [-0.39, 0.29) is 24.0 Å². The molecule has 3 aromatic rings. The fraction of sp³-hybridized carbons (Fsp3) is 0.105. The Hall–Kier alpha value is -3.48. The standard InChI is InChI=1S/C19H17FN4O2/c1-24-17(13-7-9-14(20)10-8-13)11-16(23-24)19(26)21-12-18(25)22-15-5-3-2-4-6-15/h2-11H,12H2,1H3,(H,21,26)(H,22,25). The van der Waals surface area contributed by atoms with Gasteiger partial charge in [0.15, 0.2) is 5.69 Å². The first kappa shape index (κ1) is 17.3. The van der Waals surface area contributed by atoms with Crippen molar-refractivity contribution in [2.24, 2.45) is 7.05 Å². The highest BCUT2D eigenvalue weighted by Gasteiger charge is 2.15. The minimum atomic E-state index is -0.461. The Morgan fingerprint density at radius 2 is 1.77 bits per heavy atom.